The molecule has 0 heterocycles. The first-order valence-electron chi connectivity index (χ1n) is 4.76. The summed E-state index contributed by atoms with van der Waals surface area (Å²) < 4.78 is 9.51. The smallest absolute Gasteiger partial charge is 0.333 e. The van der Waals surface area contributed by atoms with Gasteiger partial charge < -0.3 is 15.2 Å². The molecule has 0 saturated heterocycles. The molecule has 86 valence electrons. The third-order valence-electron chi connectivity index (χ3n) is 1.50. The first kappa shape index (κ1) is 13.6. The molecule has 0 aliphatic carbocycles. The van der Waals surface area contributed by atoms with E-state index in [2.05, 4.69) is 6.58 Å². The maximum Gasteiger partial charge on any atom is 0.333 e. The Kier molecular flexibility index (Phi) is 7.27. The second kappa shape index (κ2) is 7.99. The van der Waals surface area contributed by atoms with Gasteiger partial charge in [-0.1, -0.05) is 6.58 Å². The maximum absolute atomic E-state index is 11.0. The monoisotopic (exact) mass is 215 g/mol. The van der Waals surface area contributed by atoms with Crippen LogP contribution in [0.4, 0.5) is 0 Å². The molecule has 0 amide bonds. The van der Waals surface area contributed by atoms with Crippen molar-refractivity contribution in [3.8, 4) is 0 Å². The Morgan fingerprint density at radius 1 is 1.27 bits per heavy atom. The van der Waals surface area contributed by atoms with Crippen LogP contribution in [0.1, 0.15) is 19.8 Å². The van der Waals surface area contributed by atoms with Gasteiger partial charge >= 0.3 is 11.9 Å². The Balaban J connectivity index is 3.47. The van der Waals surface area contributed by atoms with Crippen LogP contribution in [0.3, 0.4) is 0 Å². The van der Waals surface area contributed by atoms with E-state index < -0.39 is 11.9 Å². The van der Waals surface area contributed by atoms with E-state index >= 15 is 0 Å². The molecule has 0 aliphatic rings. The molecule has 15 heavy (non-hydrogen) atoms. The van der Waals surface area contributed by atoms with E-state index in [1.165, 1.54) is 0 Å². The van der Waals surface area contributed by atoms with Gasteiger partial charge in [-0.05, 0) is 19.9 Å². The minimum absolute atomic E-state index is 0.0210. The van der Waals surface area contributed by atoms with E-state index in [4.69, 9.17) is 15.2 Å². The first-order chi connectivity index (χ1) is 7.07. The number of rotatable bonds is 7. The third-order valence-corrected chi connectivity index (χ3v) is 1.50. The molecule has 0 bridgehead atoms. The van der Waals surface area contributed by atoms with Crippen LogP contribution < -0.4 is 5.73 Å². The summed E-state index contributed by atoms with van der Waals surface area (Å²) in [4.78, 5) is 21.9. The molecule has 0 unspecified atom stereocenters. The van der Waals surface area contributed by atoms with Crippen LogP contribution in [0.5, 0.6) is 0 Å². The molecule has 5 heteroatoms. The predicted octanol–water partition coefficient (Wildman–Crippen LogP) is 0.388. The fourth-order valence-corrected chi connectivity index (χ4v) is 0.692. The molecule has 0 fully saturated rings. The Bertz CT molecular complexity index is 238. The highest BCUT2D eigenvalue weighted by Crippen LogP contribution is 1.95. The van der Waals surface area contributed by atoms with Crippen molar-refractivity contribution >= 4 is 11.9 Å². The van der Waals surface area contributed by atoms with Gasteiger partial charge in [0.05, 0.1) is 13.0 Å². The number of ether oxygens (including phenoxy) is 2. The second-order valence-electron chi connectivity index (χ2n) is 3.03. The number of nitrogens with two attached hydrogens (primary N) is 1. The van der Waals surface area contributed by atoms with Gasteiger partial charge in [0.25, 0.3) is 0 Å². The third kappa shape index (κ3) is 7.69. The lowest BCUT2D eigenvalue weighted by Gasteiger charge is -2.05. The fourth-order valence-electron chi connectivity index (χ4n) is 0.692. The molecule has 0 atom stereocenters. The standard InChI is InChI=1S/C10H17NO4/c1-8(2)10(13)15-7-4-9(12)14-6-3-5-11/h1,3-7,11H2,2H3. The number of esters is 2. The predicted molar refractivity (Wildman–Crippen MR) is 55.0 cm³/mol. The fraction of sp³-hybridized carbons (Fsp3) is 0.600. The zero-order chi connectivity index (χ0) is 11.7. The number of hydrogen-bond acceptors (Lipinski definition) is 5. The zero-order valence-electron chi connectivity index (χ0n) is 8.95. The van der Waals surface area contributed by atoms with Gasteiger partial charge in [0.1, 0.15) is 6.61 Å². The van der Waals surface area contributed by atoms with E-state index in [0.717, 1.165) is 0 Å². The number of hydrogen-bond donors (Lipinski definition) is 1. The molecule has 0 aromatic carbocycles. The molecule has 0 radical (unpaired) electrons. The van der Waals surface area contributed by atoms with Crippen molar-refractivity contribution in [1.82, 2.24) is 0 Å². The van der Waals surface area contributed by atoms with Crippen molar-refractivity contribution in [2.75, 3.05) is 19.8 Å². The summed E-state index contributed by atoms with van der Waals surface area (Å²) >= 11 is 0. The highest BCUT2D eigenvalue weighted by Gasteiger charge is 2.06. The van der Waals surface area contributed by atoms with Gasteiger partial charge in [-0.25, -0.2) is 4.79 Å². The van der Waals surface area contributed by atoms with Crippen molar-refractivity contribution in [3.63, 3.8) is 0 Å². The summed E-state index contributed by atoms with van der Waals surface area (Å²) in [6, 6.07) is 0. The van der Waals surface area contributed by atoms with Gasteiger partial charge in [-0.15, -0.1) is 0 Å². The van der Waals surface area contributed by atoms with E-state index in [9.17, 15) is 9.59 Å². The van der Waals surface area contributed by atoms with Crippen LogP contribution in [0.2, 0.25) is 0 Å². The van der Waals surface area contributed by atoms with Gasteiger partial charge in [0, 0.05) is 5.57 Å². The van der Waals surface area contributed by atoms with E-state index in [-0.39, 0.29) is 13.0 Å². The molecular formula is C10H17NO4. The van der Waals surface area contributed by atoms with Crippen molar-refractivity contribution in [2.45, 2.75) is 19.8 Å². The summed E-state index contributed by atoms with van der Waals surface area (Å²) in [5, 5.41) is 0. The molecule has 0 aromatic rings. The topological polar surface area (TPSA) is 78.6 Å². The molecule has 5 nitrogen and oxygen atoms in total. The van der Waals surface area contributed by atoms with Gasteiger partial charge in [0.2, 0.25) is 0 Å². The van der Waals surface area contributed by atoms with Crippen LogP contribution in [0.25, 0.3) is 0 Å². The van der Waals surface area contributed by atoms with E-state index in [1.54, 1.807) is 6.92 Å². The normalized spacial score (nSPS) is 9.47. The summed E-state index contributed by atoms with van der Waals surface area (Å²) in [5.74, 6) is -0.886. The first-order valence-corrected chi connectivity index (χ1v) is 4.76. The maximum atomic E-state index is 11.0. The largest absolute Gasteiger partial charge is 0.466 e. The second-order valence-corrected chi connectivity index (χ2v) is 3.03. The molecule has 0 aromatic heterocycles. The Morgan fingerprint density at radius 3 is 2.47 bits per heavy atom. The SMILES string of the molecule is C=C(C)C(=O)OCCC(=O)OCCCN. The lowest BCUT2D eigenvalue weighted by molar-refractivity contribution is -0.147. The van der Waals surface area contributed by atoms with Crippen LogP contribution >= 0.6 is 0 Å². The van der Waals surface area contributed by atoms with Crippen LogP contribution in [-0.4, -0.2) is 31.7 Å². The van der Waals surface area contributed by atoms with Crippen molar-refractivity contribution in [2.24, 2.45) is 5.73 Å². The molecule has 0 saturated carbocycles. The van der Waals surface area contributed by atoms with E-state index in [1.807, 2.05) is 0 Å². The van der Waals surface area contributed by atoms with Crippen LogP contribution in [-0.2, 0) is 19.1 Å². The molecule has 0 rings (SSSR count). The number of carbonyl (C=O) groups excluding carboxylic acids is 2. The zero-order valence-corrected chi connectivity index (χ0v) is 8.95. The van der Waals surface area contributed by atoms with Crippen molar-refractivity contribution in [1.29, 1.82) is 0 Å². The summed E-state index contributed by atoms with van der Waals surface area (Å²) in [7, 11) is 0. The lowest BCUT2D eigenvalue weighted by atomic mass is 10.3. The highest BCUT2D eigenvalue weighted by molar-refractivity contribution is 5.87. The Hall–Kier alpha value is -1.36. The average Bonchev–Trinajstić information content (AvgIpc) is 2.18. The summed E-state index contributed by atoms with van der Waals surface area (Å²) in [6.07, 6.45) is 0.695. The lowest BCUT2D eigenvalue weighted by Crippen LogP contribution is -2.14. The van der Waals surface area contributed by atoms with Crippen molar-refractivity contribution < 1.29 is 19.1 Å². The van der Waals surface area contributed by atoms with Gasteiger partial charge in [-0.2, -0.15) is 0 Å². The minimum atomic E-state index is -0.496. The highest BCUT2D eigenvalue weighted by atomic mass is 16.5. The quantitative estimate of drug-likeness (QED) is 0.377. The molecule has 0 spiro atoms. The Morgan fingerprint density at radius 2 is 1.93 bits per heavy atom. The minimum Gasteiger partial charge on any atom is -0.466 e. The van der Waals surface area contributed by atoms with Crippen LogP contribution in [0, 0.1) is 0 Å². The van der Waals surface area contributed by atoms with Crippen molar-refractivity contribution in [3.05, 3.63) is 12.2 Å². The Labute approximate surface area is 89.2 Å². The molecule has 0 aliphatic heterocycles. The van der Waals surface area contributed by atoms with E-state index in [0.29, 0.717) is 25.1 Å². The van der Waals surface area contributed by atoms with Gasteiger partial charge in [-0.3, -0.25) is 4.79 Å². The molecule has 2 N–H and O–H groups in total. The number of carbonyl (C=O) groups is 2. The van der Waals surface area contributed by atoms with Gasteiger partial charge in [0.15, 0.2) is 0 Å². The molecular weight excluding hydrogens is 198 g/mol. The summed E-state index contributed by atoms with van der Waals surface area (Å²) in [6.45, 7) is 5.77. The average molecular weight is 215 g/mol. The van der Waals surface area contributed by atoms with Crippen LogP contribution in [0.15, 0.2) is 12.2 Å². The summed E-state index contributed by atoms with van der Waals surface area (Å²) in [5.41, 5.74) is 5.53.